The van der Waals surface area contributed by atoms with E-state index in [0.717, 1.165) is 0 Å². The van der Waals surface area contributed by atoms with Crippen molar-refractivity contribution < 1.29 is 0 Å². The second kappa shape index (κ2) is 5.45. The van der Waals surface area contributed by atoms with Gasteiger partial charge in [0.05, 0.1) is 11.8 Å². The Labute approximate surface area is 95.7 Å². The molecule has 0 saturated heterocycles. The smallest absolute Gasteiger partial charge is 0.166 e. The lowest BCUT2D eigenvalue weighted by molar-refractivity contribution is 0.616. The number of nitrogens with one attached hydrogen (secondary N) is 1. The van der Waals surface area contributed by atoms with Crippen LogP contribution in [0.2, 0.25) is 0 Å². The number of nitriles is 1. The van der Waals surface area contributed by atoms with Crippen LogP contribution in [0, 0.1) is 11.3 Å². The molecule has 1 heterocycles. The highest BCUT2D eigenvalue weighted by molar-refractivity contribution is 5.50. The van der Waals surface area contributed by atoms with E-state index in [2.05, 4.69) is 21.6 Å². The molecular formula is C12H16N4. The third kappa shape index (κ3) is 2.69. The molecule has 0 unspecified atom stereocenters. The Balaban J connectivity index is 2.05. The number of anilines is 1. The van der Waals surface area contributed by atoms with Gasteiger partial charge in [-0.15, -0.1) is 5.10 Å². The highest BCUT2D eigenvalue weighted by Crippen LogP contribution is 2.21. The second-order valence-electron chi connectivity index (χ2n) is 4.24. The van der Waals surface area contributed by atoms with Crippen LogP contribution in [0.5, 0.6) is 0 Å². The first-order valence-corrected chi connectivity index (χ1v) is 5.88. The fraction of sp³-hybridized carbons (Fsp3) is 0.583. The summed E-state index contributed by atoms with van der Waals surface area (Å²) in [4.78, 5) is 0. The number of nitrogens with zero attached hydrogens (tertiary/aromatic N) is 3. The van der Waals surface area contributed by atoms with Crippen LogP contribution in [0.4, 0.5) is 5.82 Å². The summed E-state index contributed by atoms with van der Waals surface area (Å²) < 4.78 is 0. The lowest BCUT2D eigenvalue weighted by Gasteiger charge is -2.16. The summed E-state index contributed by atoms with van der Waals surface area (Å²) in [6.45, 7) is 0. The lowest BCUT2D eigenvalue weighted by atomic mass is 10.1. The van der Waals surface area contributed by atoms with Gasteiger partial charge in [-0.3, -0.25) is 0 Å². The summed E-state index contributed by atoms with van der Waals surface area (Å²) >= 11 is 0. The van der Waals surface area contributed by atoms with Gasteiger partial charge in [0.25, 0.3) is 0 Å². The molecule has 1 N–H and O–H groups in total. The molecule has 0 amide bonds. The van der Waals surface area contributed by atoms with Crippen LogP contribution in [0.15, 0.2) is 12.3 Å². The quantitative estimate of drug-likeness (QED) is 0.771. The van der Waals surface area contributed by atoms with Gasteiger partial charge in [-0.2, -0.15) is 10.4 Å². The van der Waals surface area contributed by atoms with Crippen molar-refractivity contribution >= 4 is 5.82 Å². The molecule has 1 fully saturated rings. The molecule has 1 aromatic rings. The number of rotatable bonds is 2. The van der Waals surface area contributed by atoms with Gasteiger partial charge in [-0.05, 0) is 18.9 Å². The molecule has 84 valence electrons. The minimum Gasteiger partial charge on any atom is -0.365 e. The van der Waals surface area contributed by atoms with Crippen molar-refractivity contribution in [3.8, 4) is 6.07 Å². The summed E-state index contributed by atoms with van der Waals surface area (Å²) in [5, 5.41) is 20.1. The van der Waals surface area contributed by atoms with Gasteiger partial charge in [-0.25, -0.2) is 0 Å². The van der Waals surface area contributed by atoms with Crippen LogP contribution in [-0.2, 0) is 0 Å². The molecular weight excluding hydrogens is 200 g/mol. The number of hydrogen-bond donors (Lipinski definition) is 1. The van der Waals surface area contributed by atoms with Crippen LogP contribution < -0.4 is 5.32 Å². The normalized spacial score (nSPS) is 17.4. The van der Waals surface area contributed by atoms with Crippen molar-refractivity contribution in [1.82, 2.24) is 10.2 Å². The summed E-state index contributed by atoms with van der Waals surface area (Å²) in [6, 6.07) is 4.29. The molecule has 1 aromatic heterocycles. The fourth-order valence-corrected chi connectivity index (χ4v) is 2.15. The third-order valence-corrected chi connectivity index (χ3v) is 3.04. The molecule has 4 heteroatoms. The molecule has 1 aliphatic carbocycles. The van der Waals surface area contributed by atoms with E-state index in [1.54, 1.807) is 12.3 Å². The molecule has 16 heavy (non-hydrogen) atoms. The van der Waals surface area contributed by atoms with Crippen LogP contribution in [0.3, 0.4) is 0 Å². The zero-order valence-electron chi connectivity index (χ0n) is 9.32. The zero-order valence-corrected chi connectivity index (χ0v) is 9.32. The van der Waals surface area contributed by atoms with Crippen LogP contribution in [-0.4, -0.2) is 16.2 Å². The molecule has 4 nitrogen and oxygen atoms in total. The molecule has 0 aliphatic heterocycles. The Morgan fingerprint density at radius 1 is 1.25 bits per heavy atom. The van der Waals surface area contributed by atoms with Crippen molar-refractivity contribution in [2.75, 3.05) is 5.32 Å². The Hall–Kier alpha value is -1.63. The first-order valence-electron chi connectivity index (χ1n) is 5.88. The summed E-state index contributed by atoms with van der Waals surface area (Å²) in [6.07, 6.45) is 9.06. The van der Waals surface area contributed by atoms with Crippen molar-refractivity contribution in [3.05, 3.63) is 17.8 Å². The first kappa shape index (κ1) is 10.9. The van der Waals surface area contributed by atoms with Gasteiger partial charge in [0, 0.05) is 6.04 Å². The number of aromatic nitrogens is 2. The second-order valence-corrected chi connectivity index (χ2v) is 4.24. The number of hydrogen-bond acceptors (Lipinski definition) is 4. The van der Waals surface area contributed by atoms with E-state index in [4.69, 9.17) is 5.26 Å². The van der Waals surface area contributed by atoms with E-state index in [9.17, 15) is 0 Å². The lowest BCUT2D eigenvalue weighted by Crippen LogP contribution is -2.20. The topological polar surface area (TPSA) is 61.6 Å². The van der Waals surface area contributed by atoms with Crippen molar-refractivity contribution in [2.24, 2.45) is 0 Å². The molecule has 0 spiro atoms. The summed E-state index contributed by atoms with van der Waals surface area (Å²) in [7, 11) is 0. The van der Waals surface area contributed by atoms with Gasteiger partial charge < -0.3 is 5.32 Å². The maximum absolute atomic E-state index is 8.95. The fourth-order valence-electron chi connectivity index (χ4n) is 2.15. The van der Waals surface area contributed by atoms with Crippen LogP contribution in [0.1, 0.15) is 44.1 Å². The molecule has 2 rings (SSSR count). The SMILES string of the molecule is N#Cc1ccnnc1NC1CCCCCC1. The van der Waals surface area contributed by atoms with Gasteiger partial charge in [0.1, 0.15) is 6.07 Å². The highest BCUT2D eigenvalue weighted by Gasteiger charge is 2.14. The average molecular weight is 216 g/mol. The van der Waals surface area contributed by atoms with Crippen molar-refractivity contribution in [2.45, 2.75) is 44.6 Å². The molecule has 1 saturated carbocycles. The Morgan fingerprint density at radius 3 is 2.69 bits per heavy atom. The van der Waals surface area contributed by atoms with Gasteiger partial charge in [0.2, 0.25) is 0 Å². The molecule has 0 radical (unpaired) electrons. The summed E-state index contributed by atoms with van der Waals surface area (Å²) in [5.41, 5.74) is 0.583. The van der Waals surface area contributed by atoms with Gasteiger partial charge in [0.15, 0.2) is 5.82 Å². The van der Waals surface area contributed by atoms with Crippen molar-refractivity contribution in [3.63, 3.8) is 0 Å². The molecule has 0 atom stereocenters. The zero-order chi connectivity index (χ0) is 11.2. The Morgan fingerprint density at radius 2 is 2.00 bits per heavy atom. The molecule has 1 aliphatic rings. The maximum atomic E-state index is 8.95. The third-order valence-electron chi connectivity index (χ3n) is 3.04. The average Bonchev–Trinajstić information content (AvgIpc) is 2.58. The maximum Gasteiger partial charge on any atom is 0.166 e. The summed E-state index contributed by atoms with van der Waals surface area (Å²) in [5.74, 6) is 0.636. The first-order chi connectivity index (χ1) is 7.90. The predicted octanol–water partition coefficient (Wildman–Crippen LogP) is 2.48. The highest BCUT2D eigenvalue weighted by atomic mass is 15.2. The van der Waals surface area contributed by atoms with E-state index < -0.39 is 0 Å². The van der Waals surface area contributed by atoms with Crippen molar-refractivity contribution in [1.29, 1.82) is 5.26 Å². The monoisotopic (exact) mass is 216 g/mol. The standard InChI is InChI=1S/C12H16N4/c13-9-10-7-8-14-16-12(10)15-11-5-3-1-2-4-6-11/h7-8,11H,1-6H2,(H,15,16). The van der Waals surface area contributed by atoms with Gasteiger partial charge in [-0.1, -0.05) is 25.7 Å². The Bertz CT molecular complexity index is 375. The van der Waals surface area contributed by atoms with Crippen LogP contribution in [0.25, 0.3) is 0 Å². The molecule has 0 aromatic carbocycles. The van der Waals surface area contributed by atoms with E-state index in [1.165, 1.54) is 38.5 Å². The molecule has 0 bridgehead atoms. The largest absolute Gasteiger partial charge is 0.365 e. The van der Waals surface area contributed by atoms with E-state index >= 15 is 0 Å². The van der Waals surface area contributed by atoms with E-state index in [1.807, 2.05) is 0 Å². The minimum atomic E-state index is 0.450. The van der Waals surface area contributed by atoms with E-state index in [0.29, 0.717) is 17.4 Å². The predicted molar refractivity (Wildman–Crippen MR) is 61.9 cm³/mol. The Kier molecular flexibility index (Phi) is 3.71. The minimum absolute atomic E-state index is 0.450. The van der Waals surface area contributed by atoms with Crippen LogP contribution >= 0.6 is 0 Å². The van der Waals surface area contributed by atoms with E-state index in [-0.39, 0.29) is 0 Å². The van der Waals surface area contributed by atoms with Gasteiger partial charge >= 0.3 is 0 Å².